The van der Waals surface area contributed by atoms with Gasteiger partial charge < -0.3 is 0 Å². The van der Waals surface area contributed by atoms with Crippen LogP contribution in [0.2, 0.25) is 0 Å². The van der Waals surface area contributed by atoms with E-state index in [0.29, 0.717) is 0 Å². The molecule has 11 heavy (non-hydrogen) atoms. The van der Waals surface area contributed by atoms with E-state index in [1.807, 2.05) is 0 Å². The summed E-state index contributed by atoms with van der Waals surface area (Å²) in [6.45, 7) is 6.83. The van der Waals surface area contributed by atoms with Crippen LogP contribution in [0.15, 0.2) is 0 Å². The van der Waals surface area contributed by atoms with Crippen molar-refractivity contribution in [2.24, 2.45) is 5.92 Å². The second-order valence-electron chi connectivity index (χ2n) is 2.55. The maximum absolute atomic E-state index is 8.50. The Morgan fingerprint density at radius 3 is 1.55 bits per heavy atom. The standard InChI is InChI=1S/C8H18.2O.Ti/c1-4-7-8(5-2)6-3;;;/h8H,4-7H2,1-3H3;;;. The van der Waals surface area contributed by atoms with E-state index < -0.39 is 19.1 Å². The van der Waals surface area contributed by atoms with Crippen LogP contribution in [0.3, 0.4) is 0 Å². The van der Waals surface area contributed by atoms with Crippen LogP contribution in [-0.4, -0.2) is 0 Å². The first-order chi connectivity index (χ1) is 5.26. The molecule has 0 aromatic carbocycles. The first-order valence-corrected chi connectivity index (χ1v) is 5.53. The van der Waals surface area contributed by atoms with E-state index >= 15 is 0 Å². The van der Waals surface area contributed by atoms with E-state index in [1.165, 1.54) is 25.7 Å². The van der Waals surface area contributed by atoms with Crippen LogP contribution < -0.4 is 0 Å². The van der Waals surface area contributed by atoms with Crippen LogP contribution in [-0.2, 0) is 25.7 Å². The van der Waals surface area contributed by atoms with Gasteiger partial charge in [-0.05, 0) is 5.92 Å². The average Bonchev–Trinajstić information content (AvgIpc) is 2.02. The molecule has 66 valence electrons. The van der Waals surface area contributed by atoms with Crippen LogP contribution >= 0.6 is 0 Å². The first kappa shape index (κ1) is 13.9. The Morgan fingerprint density at radius 2 is 1.45 bits per heavy atom. The Hall–Kier alpha value is 0.314. The van der Waals surface area contributed by atoms with Gasteiger partial charge in [0.15, 0.2) is 0 Å². The molecule has 2 nitrogen and oxygen atoms in total. The molecule has 0 spiro atoms. The molecular formula is C8H18O2Ti. The SMILES string of the molecule is CCCC(CC)CC.[O]=[Ti]=[O]. The normalized spacial score (nSPS) is 8.36. The van der Waals surface area contributed by atoms with Crippen molar-refractivity contribution in [3.05, 3.63) is 0 Å². The van der Waals surface area contributed by atoms with Gasteiger partial charge in [-0.15, -0.1) is 0 Å². The minimum atomic E-state index is -2.00. The monoisotopic (exact) mass is 194 g/mol. The first-order valence-electron chi connectivity index (χ1n) is 4.25. The zero-order chi connectivity index (χ0) is 9.11. The van der Waals surface area contributed by atoms with E-state index in [-0.39, 0.29) is 0 Å². The van der Waals surface area contributed by atoms with Crippen LogP contribution in [0.4, 0.5) is 0 Å². The van der Waals surface area contributed by atoms with Gasteiger partial charge in [-0.2, -0.15) is 0 Å². The van der Waals surface area contributed by atoms with Crippen LogP contribution in [0.25, 0.3) is 0 Å². The van der Waals surface area contributed by atoms with E-state index in [1.54, 1.807) is 0 Å². The summed E-state index contributed by atoms with van der Waals surface area (Å²) >= 11 is -2.00. The Morgan fingerprint density at radius 1 is 1.09 bits per heavy atom. The van der Waals surface area contributed by atoms with Crippen molar-refractivity contribution < 1.29 is 25.7 Å². The zero-order valence-corrected chi connectivity index (χ0v) is 9.28. The van der Waals surface area contributed by atoms with Crippen molar-refractivity contribution in [1.82, 2.24) is 0 Å². The van der Waals surface area contributed by atoms with E-state index in [4.69, 9.17) is 6.65 Å². The quantitative estimate of drug-likeness (QED) is 0.644. The second kappa shape index (κ2) is 12.9. The molecule has 0 saturated carbocycles. The van der Waals surface area contributed by atoms with Crippen molar-refractivity contribution >= 4 is 0 Å². The van der Waals surface area contributed by atoms with Gasteiger partial charge in [0.25, 0.3) is 0 Å². The number of hydrogen-bond acceptors (Lipinski definition) is 2. The molecule has 0 radical (unpaired) electrons. The predicted octanol–water partition coefficient (Wildman–Crippen LogP) is 2.98. The van der Waals surface area contributed by atoms with Crippen molar-refractivity contribution in [1.29, 1.82) is 0 Å². The summed E-state index contributed by atoms with van der Waals surface area (Å²) in [5.74, 6) is 1.000. The Labute approximate surface area is 78.3 Å². The molecule has 0 aliphatic carbocycles. The molecule has 0 fully saturated rings. The fraction of sp³-hybridized carbons (Fsp3) is 1.00. The Bertz CT molecular complexity index is 94.3. The molecule has 0 aliphatic rings. The third-order valence-electron chi connectivity index (χ3n) is 1.85. The van der Waals surface area contributed by atoms with Gasteiger partial charge in [-0.3, -0.25) is 0 Å². The molecule has 0 amide bonds. The summed E-state index contributed by atoms with van der Waals surface area (Å²) in [7, 11) is 0. The fourth-order valence-corrected chi connectivity index (χ4v) is 1.11. The summed E-state index contributed by atoms with van der Waals surface area (Å²) < 4.78 is 17.0. The summed E-state index contributed by atoms with van der Waals surface area (Å²) in [6, 6.07) is 0. The van der Waals surface area contributed by atoms with Gasteiger partial charge in [-0.25, -0.2) is 0 Å². The maximum atomic E-state index is 8.50. The molecule has 0 N–H and O–H groups in total. The van der Waals surface area contributed by atoms with Gasteiger partial charge in [0, 0.05) is 0 Å². The molecule has 3 heteroatoms. The molecule has 0 aliphatic heterocycles. The zero-order valence-electron chi connectivity index (χ0n) is 7.72. The molecular weight excluding hydrogens is 176 g/mol. The average molecular weight is 194 g/mol. The van der Waals surface area contributed by atoms with Crippen molar-refractivity contribution in [2.75, 3.05) is 0 Å². The van der Waals surface area contributed by atoms with Crippen LogP contribution in [0, 0.1) is 5.92 Å². The molecule has 0 bridgehead atoms. The molecule has 0 rings (SSSR count). The molecule has 0 heterocycles. The van der Waals surface area contributed by atoms with Crippen molar-refractivity contribution in [3.63, 3.8) is 0 Å². The van der Waals surface area contributed by atoms with Gasteiger partial charge in [0.2, 0.25) is 0 Å². The Kier molecular flexibility index (Phi) is 16.3. The van der Waals surface area contributed by atoms with E-state index in [0.717, 1.165) is 5.92 Å². The van der Waals surface area contributed by atoms with Crippen molar-refractivity contribution in [3.8, 4) is 0 Å². The van der Waals surface area contributed by atoms with E-state index in [2.05, 4.69) is 20.8 Å². The molecule has 0 saturated heterocycles. The topological polar surface area (TPSA) is 34.1 Å². The molecule has 0 aromatic rings. The molecule has 0 unspecified atom stereocenters. The van der Waals surface area contributed by atoms with Crippen LogP contribution in [0.1, 0.15) is 46.5 Å². The summed E-state index contributed by atoms with van der Waals surface area (Å²) in [5.41, 5.74) is 0. The summed E-state index contributed by atoms with van der Waals surface area (Å²) in [6.07, 6.45) is 5.51. The summed E-state index contributed by atoms with van der Waals surface area (Å²) in [5, 5.41) is 0. The minimum absolute atomic E-state index is 1.000. The molecule has 0 atom stereocenters. The third-order valence-corrected chi connectivity index (χ3v) is 1.85. The van der Waals surface area contributed by atoms with Crippen LogP contribution in [0.5, 0.6) is 0 Å². The van der Waals surface area contributed by atoms with Gasteiger partial charge >= 0.3 is 25.7 Å². The second-order valence-corrected chi connectivity index (χ2v) is 2.81. The Balaban J connectivity index is 0. The van der Waals surface area contributed by atoms with Gasteiger partial charge in [0.05, 0.1) is 0 Å². The van der Waals surface area contributed by atoms with Gasteiger partial charge in [0.1, 0.15) is 0 Å². The molecule has 0 aromatic heterocycles. The number of hydrogen-bond donors (Lipinski definition) is 0. The summed E-state index contributed by atoms with van der Waals surface area (Å²) in [4.78, 5) is 0. The fourth-order valence-electron chi connectivity index (χ4n) is 1.11. The third kappa shape index (κ3) is 13.3. The number of rotatable bonds is 4. The van der Waals surface area contributed by atoms with Gasteiger partial charge in [-0.1, -0.05) is 46.5 Å². The van der Waals surface area contributed by atoms with Crippen molar-refractivity contribution in [2.45, 2.75) is 46.5 Å². The van der Waals surface area contributed by atoms with E-state index in [9.17, 15) is 0 Å². The predicted molar refractivity (Wildman–Crippen MR) is 40.4 cm³/mol.